The van der Waals surface area contributed by atoms with Gasteiger partial charge in [-0.25, -0.2) is 9.97 Å². The fraction of sp³-hybridized carbons (Fsp3) is 0.174. The average Bonchev–Trinajstić information content (AvgIpc) is 3.20. The van der Waals surface area contributed by atoms with E-state index in [9.17, 15) is 9.59 Å². The zero-order valence-electron chi connectivity index (χ0n) is 16.5. The molecule has 7 nitrogen and oxygen atoms in total. The number of pyridine rings is 1. The molecule has 8 heteroatoms. The van der Waals surface area contributed by atoms with Crippen LogP contribution < -0.4 is 11.1 Å². The van der Waals surface area contributed by atoms with Crippen LogP contribution in [0.5, 0.6) is 0 Å². The van der Waals surface area contributed by atoms with Crippen molar-refractivity contribution in [1.82, 2.24) is 24.7 Å². The molecule has 0 amide bonds. The summed E-state index contributed by atoms with van der Waals surface area (Å²) in [7, 11) is 0. The third kappa shape index (κ3) is 2.83. The maximum Gasteiger partial charge on any atom is 0.279 e. The van der Waals surface area contributed by atoms with Gasteiger partial charge in [0.25, 0.3) is 11.1 Å². The van der Waals surface area contributed by atoms with Crippen LogP contribution in [0, 0.1) is 0 Å². The van der Waals surface area contributed by atoms with Gasteiger partial charge in [0.05, 0.1) is 16.2 Å². The number of nitrogens with zero attached hydrogens (tertiary/aromatic N) is 4. The SMILES string of the molecule is O=c1[nH]n(-c2nc(-c3cccnc3)nc3sc4c(c23)CCCC4)c(=O)c2ccccc12. The molecule has 0 saturated heterocycles. The Labute approximate surface area is 180 Å². The van der Waals surface area contributed by atoms with Crippen molar-refractivity contribution in [2.45, 2.75) is 25.7 Å². The zero-order valence-corrected chi connectivity index (χ0v) is 17.3. The predicted molar refractivity (Wildman–Crippen MR) is 121 cm³/mol. The first-order valence-corrected chi connectivity index (χ1v) is 11.0. The number of rotatable bonds is 2. The summed E-state index contributed by atoms with van der Waals surface area (Å²) in [5.41, 5.74) is 1.32. The van der Waals surface area contributed by atoms with Gasteiger partial charge in [-0.2, -0.15) is 4.68 Å². The molecule has 4 aromatic heterocycles. The molecule has 0 fully saturated rings. The van der Waals surface area contributed by atoms with Gasteiger partial charge in [-0.1, -0.05) is 12.1 Å². The molecular weight excluding hydrogens is 410 g/mol. The van der Waals surface area contributed by atoms with E-state index in [1.165, 1.54) is 15.1 Å². The minimum atomic E-state index is -0.325. The first-order chi connectivity index (χ1) is 15.2. The molecule has 0 saturated carbocycles. The summed E-state index contributed by atoms with van der Waals surface area (Å²) in [5.74, 6) is 0.909. The molecule has 0 unspecified atom stereocenters. The minimum Gasteiger partial charge on any atom is -0.267 e. The fourth-order valence-corrected chi connectivity index (χ4v) is 5.53. The second-order valence-electron chi connectivity index (χ2n) is 7.63. The van der Waals surface area contributed by atoms with Gasteiger partial charge in [0, 0.05) is 22.8 Å². The average molecular weight is 427 g/mol. The van der Waals surface area contributed by atoms with Gasteiger partial charge in [-0.05, 0) is 55.5 Å². The molecule has 0 radical (unpaired) electrons. The van der Waals surface area contributed by atoms with Crippen LogP contribution in [-0.4, -0.2) is 24.7 Å². The van der Waals surface area contributed by atoms with Crippen LogP contribution in [0.25, 0.3) is 38.2 Å². The summed E-state index contributed by atoms with van der Waals surface area (Å²) in [5, 5.41) is 4.35. The maximum absolute atomic E-state index is 13.4. The van der Waals surface area contributed by atoms with Crippen LogP contribution in [-0.2, 0) is 12.8 Å². The quantitative estimate of drug-likeness (QED) is 0.464. The number of thiophene rings is 1. The van der Waals surface area contributed by atoms with E-state index in [1.54, 1.807) is 48.0 Å². The first kappa shape index (κ1) is 18.1. The molecule has 1 aliphatic rings. The summed E-state index contributed by atoms with van der Waals surface area (Å²) in [4.78, 5) is 42.0. The Hall–Kier alpha value is -3.65. The summed E-state index contributed by atoms with van der Waals surface area (Å²) in [6, 6.07) is 10.6. The van der Waals surface area contributed by atoms with Crippen molar-refractivity contribution in [1.29, 1.82) is 0 Å². The molecule has 1 aromatic carbocycles. The van der Waals surface area contributed by atoms with Crippen LogP contribution in [0.1, 0.15) is 23.3 Å². The molecule has 0 atom stereocenters. The number of aromatic nitrogens is 5. The molecule has 5 aromatic rings. The molecule has 1 aliphatic carbocycles. The summed E-state index contributed by atoms with van der Waals surface area (Å²) >= 11 is 1.65. The van der Waals surface area contributed by atoms with Gasteiger partial charge in [0.2, 0.25) is 0 Å². The molecule has 6 rings (SSSR count). The van der Waals surface area contributed by atoms with Gasteiger partial charge in [0.15, 0.2) is 11.6 Å². The number of H-pyrrole nitrogens is 1. The summed E-state index contributed by atoms with van der Waals surface area (Å²) in [6.45, 7) is 0. The van der Waals surface area contributed by atoms with E-state index in [2.05, 4.69) is 10.1 Å². The van der Waals surface area contributed by atoms with Crippen molar-refractivity contribution in [2.24, 2.45) is 0 Å². The Morgan fingerprint density at radius 1 is 0.968 bits per heavy atom. The maximum atomic E-state index is 13.4. The van der Waals surface area contributed by atoms with Gasteiger partial charge < -0.3 is 0 Å². The normalized spacial score (nSPS) is 13.5. The number of hydrogen-bond acceptors (Lipinski definition) is 6. The van der Waals surface area contributed by atoms with Crippen molar-refractivity contribution in [3.05, 3.63) is 79.9 Å². The first-order valence-electron chi connectivity index (χ1n) is 10.2. The Morgan fingerprint density at radius 2 is 1.81 bits per heavy atom. The third-order valence-electron chi connectivity index (χ3n) is 5.75. The number of aryl methyl sites for hydroxylation is 2. The number of fused-ring (bicyclic) bond motifs is 4. The van der Waals surface area contributed by atoms with Gasteiger partial charge in [0.1, 0.15) is 4.83 Å². The Kier molecular flexibility index (Phi) is 4.07. The lowest BCUT2D eigenvalue weighted by Gasteiger charge is -2.13. The number of nitrogens with one attached hydrogen (secondary N) is 1. The number of benzene rings is 1. The monoisotopic (exact) mass is 427 g/mol. The van der Waals surface area contributed by atoms with Crippen molar-refractivity contribution < 1.29 is 0 Å². The van der Waals surface area contributed by atoms with E-state index in [0.717, 1.165) is 41.5 Å². The highest BCUT2D eigenvalue weighted by Crippen LogP contribution is 2.38. The van der Waals surface area contributed by atoms with Crippen molar-refractivity contribution >= 4 is 32.3 Å². The van der Waals surface area contributed by atoms with Gasteiger partial charge in [-0.3, -0.25) is 19.7 Å². The third-order valence-corrected chi connectivity index (χ3v) is 6.93. The van der Waals surface area contributed by atoms with Crippen LogP contribution >= 0.6 is 11.3 Å². The molecule has 31 heavy (non-hydrogen) atoms. The standard InChI is InChI=1S/C23H17N5O2S/c29-21-14-7-1-2-8-15(14)23(30)28(27-21)20-18-16-9-3-4-10-17(16)31-22(18)26-19(25-20)13-6-5-11-24-12-13/h1-2,5-8,11-12H,3-4,9-10H2,(H,27,29). The second kappa shape index (κ2) is 6.95. The van der Waals surface area contributed by atoms with Crippen LogP contribution in [0.15, 0.2) is 58.4 Å². The van der Waals surface area contributed by atoms with Gasteiger partial charge in [-0.15, -0.1) is 11.3 Å². The van der Waals surface area contributed by atoms with E-state index >= 15 is 0 Å². The van der Waals surface area contributed by atoms with Crippen molar-refractivity contribution in [3.63, 3.8) is 0 Å². The van der Waals surface area contributed by atoms with Gasteiger partial charge >= 0.3 is 0 Å². The molecule has 4 heterocycles. The van der Waals surface area contributed by atoms with Crippen LogP contribution in [0.4, 0.5) is 0 Å². The van der Waals surface area contributed by atoms with E-state index in [4.69, 9.17) is 9.97 Å². The lowest BCUT2D eigenvalue weighted by atomic mass is 9.97. The molecule has 152 valence electrons. The minimum absolute atomic E-state index is 0.303. The highest BCUT2D eigenvalue weighted by molar-refractivity contribution is 7.19. The largest absolute Gasteiger partial charge is 0.279 e. The smallest absolute Gasteiger partial charge is 0.267 e. The summed E-state index contributed by atoms with van der Waals surface area (Å²) < 4.78 is 1.29. The Balaban J connectivity index is 1.74. The Bertz CT molecular complexity index is 1580. The molecular formula is C23H17N5O2S. The highest BCUT2D eigenvalue weighted by Gasteiger charge is 2.23. The van der Waals surface area contributed by atoms with E-state index in [0.29, 0.717) is 22.4 Å². The lowest BCUT2D eigenvalue weighted by Crippen LogP contribution is -2.29. The zero-order chi connectivity index (χ0) is 20.9. The van der Waals surface area contributed by atoms with Crippen molar-refractivity contribution in [2.75, 3.05) is 0 Å². The number of hydrogen-bond donors (Lipinski definition) is 1. The van der Waals surface area contributed by atoms with Crippen LogP contribution in [0.2, 0.25) is 0 Å². The van der Waals surface area contributed by atoms with E-state index < -0.39 is 0 Å². The van der Waals surface area contributed by atoms with Crippen molar-refractivity contribution in [3.8, 4) is 17.2 Å². The molecule has 0 spiro atoms. The van der Waals surface area contributed by atoms with E-state index in [1.807, 2.05) is 12.1 Å². The summed E-state index contributed by atoms with van der Waals surface area (Å²) in [6.07, 6.45) is 7.55. The van der Waals surface area contributed by atoms with E-state index in [-0.39, 0.29) is 11.1 Å². The number of aromatic amines is 1. The molecule has 0 aliphatic heterocycles. The predicted octanol–water partition coefficient (Wildman–Crippen LogP) is 3.62. The topological polar surface area (TPSA) is 93.5 Å². The second-order valence-corrected chi connectivity index (χ2v) is 8.71. The fourth-order valence-electron chi connectivity index (χ4n) is 4.27. The van der Waals surface area contributed by atoms with Crippen LogP contribution in [0.3, 0.4) is 0 Å². The molecule has 1 N–H and O–H groups in total. The highest BCUT2D eigenvalue weighted by atomic mass is 32.1. The lowest BCUT2D eigenvalue weighted by molar-refractivity contribution is 0.699. The molecule has 0 bridgehead atoms. The Morgan fingerprint density at radius 3 is 2.65 bits per heavy atom.